The first kappa shape index (κ1) is 13.7. The second-order valence-electron chi connectivity index (χ2n) is 4.90. The molecule has 1 aliphatic rings. The smallest absolute Gasteiger partial charge is 0.337 e. The SMILES string of the molecule is Nc1cccc(C(=O)O)c1NCCN1CCCCC1. The molecule has 1 fully saturated rings. The summed E-state index contributed by atoms with van der Waals surface area (Å²) in [5.41, 5.74) is 7.09. The van der Waals surface area contributed by atoms with Crippen molar-refractivity contribution in [1.29, 1.82) is 0 Å². The van der Waals surface area contributed by atoms with Crippen molar-refractivity contribution >= 4 is 17.3 Å². The van der Waals surface area contributed by atoms with E-state index in [4.69, 9.17) is 10.8 Å². The number of para-hydroxylation sites is 1. The minimum absolute atomic E-state index is 0.235. The zero-order chi connectivity index (χ0) is 13.7. The molecule has 2 rings (SSSR count). The fourth-order valence-corrected chi connectivity index (χ4v) is 2.47. The molecule has 1 aromatic carbocycles. The number of aromatic carboxylic acids is 1. The van der Waals surface area contributed by atoms with Crippen LogP contribution in [0.4, 0.5) is 11.4 Å². The van der Waals surface area contributed by atoms with Crippen LogP contribution in [0.1, 0.15) is 29.6 Å². The van der Waals surface area contributed by atoms with Crippen LogP contribution < -0.4 is 11.1 Å². The average Bonchev–Trinajstić information content (AvgIpc) is 2.41. The summed E-state index contributed by atoms with van der Waals surface area (Å²) in [6.45, 7) is 3.91. The lowest BCUT2D eigenvalue weighted by atomic mass is 10.1. The first-order chi connectivity index (χ1) is 9.18. The van der Waals surface area contributed by atoms with E-state index in [1.807, 2.05) is 0 Å². The maximum absolute atomic E-state index is 11.1. The van der Waals surface area contributed by atoms with Crippen molar-refractivity contribution in [1.82, 2.24) is 4.90 Å². The first-order valence-corrected chi connectivity index (χ1v) is 6.76. The van der Waals surface area contributed by atoms with Gasteiger partial charge in [0.15, 0.2) is 0 Å². The van der Waals surface area contributed by atoms with E-state index >= 15 is 0 Å². The summed E-state index contributed by atoms with van der Waals surface area (Å²) in [5.74, 6) is -0.951. The van der Waals surface area contributed by atoms with Crippen LogP contribution in [0.3, 0.4) is 0 Å². The standard InChI is InChI=1S/C14H21N3O2/c15-12-6-4-5-11(14(18)19)13(12)16-7-10-17-8-2-1-3-9-17/h4-6,16H,1-3,7-10,15H2,(H,18,19). The van der Waals surface area contributed by atoms with Gasteiger partial charge in [0.05, 0.1) is 16.9 Å². The third-order valence-corrected chi connectivity index (χ3v) is 3.51. The van der Waals surface area contributed by atoms with Crippen LogP contribution in [-0.2, 0) is 0 Å². The lowest BCUT2D eigenvalue weighted by Gasteiger charge is -2.26. The molecule has 5 nitrogen and oxygen atoms in total. The third kappa shape index (κ3) is 3.61. The molecule has 0 saturated carbocycles. The number of carboxylic acid groups (broad SMARTS) is 1. The van der Waals surface area contributed by atoms with Crippen LogP contribution in [0.15, 0.2) is 18.2 Å². The summed E-state index contributed by atoms with van der Waals surface area (Å²) in [5, 5.41) is 12.3. The van der Waals surface area contributed by atoms with Crippen molar-refractivity contribution in [2.24, 2.45) is 0 Å². The Kier molecular flexibility index (Phi) is 4.63. The van der Waals surface area contributed by atoms with Crippen LogP contribution in [0.2, 0.25) is 0 Å². The minimum atomic E-state index is -0.951. The van der Waals surface area contributed by atoms with Crippen molar-refractivity contribution in [2.75, 3.05) is 37.2 Å². The Labute approximate surface area is 113 Å². The first-order valence-electron chi connectivity index (χ1n) is 6.76. The molecule has 1 aliphatic heterocycles. The summed E-state index contributed by atoms with van der Waals surface area (Å²) < 4.78 is 0. The van der Waals surface area contributed by atoms with Crippen LogP contribution in [0, 0.1) is 0 Å². The van der Waals surface area contributed by atoms with Gasteiger partial charge in [0, 0.05) is 13.1 Å². The Morgan fingerprint density at radius 1 is 1.32 bits per heavy atom. The summed E-state index contributed by atoms with van der Waals surface area (Å²) in [6, 6.07) is 4.95. The zero-order valence-corrected chi connectivity index (χ0v) is 11.1. The highest BCUT2D eigenvalue weighted by atomic mass is 16.4. The predicted molar refractivity (Wildman–Crippen MR) is 76.6 cm³/mol. The highest BCUT2D eigenvalue weighted by Gasteiger charge is 2.13. The van der Waals surface area contributed by atoms with Gasteiger partial charge < -0.3 is 21.1 Å². The number of nitrogen functional groups attached to an aromatic ring is 1. The number of hydrogen-bond donors (Lipinski definition) is 3. The van der Waals surface area contributed by atoms with Gasteiger partial charge in [-0.3, -0.25) is 0 Å². The lowest BCUT2D eigenvalue weighted by molar-refractivity contribution is 0.0698. The number of nitrogens with one attached hydrogen (secondary N) is 1. The largest absolute Gasteiger partial charge is 0.478 e. The highest BCUT2D eigenvalue weighted by Crippen LogP contribution is 2.23. The van der Waals surface area contributed by atoms with Crippen LogP contribution >= 0.6 is 0 Å². The second kappa shape index (κ2) is 6.43. The number of hydrogen-bond acceptors (Lipinski definition) is 4. The molecule has 0 unspecified atom stereocenters. The van der Waals surface area contributed by atoms with Gasteiger partial charge in [-0.15, -0.1) is 0 Å². The summed E-state index contributed by atoms with van der Waals surface area (Å²) in [4.78, 5) is 13.5. The Hall–Kier alpha value is -1.75. The van der Waals surface area contributed by atoms with Crippen molar-refractivity contribution in [3.63, 3.8) is 0 Å². The van der Waals surface area contributed by atoms with E-state index in [1.54, 1.807) is 18.2 Å². The van der Waals surface area contributed by atoms with Gasteiger partial charge in [-0.25, -0.2) is 4.79 Å². The fraction of sp³-hybridized carbons (Fsp3) is 0.500. The summed E-state index contributed by atoms with van der Waals surface area (Å²) in [6.07, 6.45) is 3.83. The molecule has 0 aliphatic carbocycles. The van der Waals surface area contributed by atoms with Gasteiger partial charge >= 0.3 is 5.97 Å². The number of piperidine rings is 1. The highest BCUT2D eigenvalue weighted by molar-refractivity contribution is 5.97. The molecule has 1 aromatic rings. The quantitative estimate of drug-likeness (QED) is 0.707. The molecule has 1 heterocycles. The van der Waals surface area contributed by atoms with Crippen LogP contribution in [0.5, 0.6) is 0 Å². The maximum Gasteiger partial charge on any atom is 0.337 e. The molecule has 0 atom stereocenters. The molecular formula is C14H21N3O2. The van der Waals surface area contributed by atoms with E-state index in [2.05, 4.69) is 10.2 Å². The van der Waals surface area contributed by atoms with Crippen molar-refractivity contribution in [2.45, 2.75) is 19.3 Å². The average molecular weight is 263 g/mol. The molecule has 4 N–H and O–H groups in total. The number of anilines is 2. The van der Waals surface area contributed by atoms with Gasteiger partial charge in [0.2, 0.25) is 0 Å². The normalized spacial score (nSPS) is 16.2. The topological polar surface area (TPSA) is 78.6 Å². The van der Waals surface area contributed by atoms with Gasteiger partial charge in [0.1, 0.15) is 0 Å². The number of likely N-dealkylation sites (tertiary alicyclic amines) is 1. The fourth-order valence-electron chi connectivity index (χ4n) is 2.47. The Morgan fingerprint density at radius 2 is 2.05 bits per heavy atom. The van der Waals surface area contributed by atoms with E-state index < -0.39 is 5.97 Å². The van der Waals surface area contributed by atoms with Gasteiger partial charge in [-0.05, 0) is 38.1 Å². The Morgan fingerprint density at radius 3 is 2.74 bits per heavy atom. The van der Waals surface area contributed by atoms with Crippen LogP contribution in [-0.4, -0.2) is 42.2 Å². The summed E-state index contributed by atoms with van der Waals surface area (Å²) in [7, 11) is 0. The Bertz CT molecular complexity index is 442. The predicted octanol–water partition coefficient (Wildman–Crippen LogP) is 1.86. The molecule has 0 spiro atoms. The van der Waals surface area contributed by atoms with E-state index in [-0.39, 0.29) is 5.56 Å². The number of nitrogens with two attached hydrogens (primary N) is 1. The molecular weight excluding hydrogens is 242 g/mol. The number of nitrogens with zero attached hydrogens (tertiary/aromatic N) is 1. The monoisotopic (exact) mass is 263 g/mol. The molecule has 19 heavy (non-hydrogen) atoms. The number of benzene rings is 1. The van der Waals surface area contributed by atoms with Crippen LogP contribution in [0.25, 0.3) is 0 Å². The molecule has 0 bridgehead atoms. The van der Waals surface area contributed by atoms with E-state index in [1.165, 1.54) is 19.3 Å². The van der Waals surface area contributed by atoms with Crippen molar-refractivity contribution in [3.05, 3.63) is 23.8 Å². The van der Waals surface area contributed by atoms with Gasteiger partial charge in [-0.2, -0.15) is 0 Å². The number of carboxylic acids is 1. The second-order valence-corrected chi connectivity index (χ2v) is 4.90. The van der Waals surface area contributed by atoms with Gasteiger partial charge in [-0.1, -0.05) is 12.5 Å². The maximum atomic E-state index is 11.1. The molecule has 5 heteroatoms. The molecule has 0 amide bonds. The summed E-state index contributed by atoms with van der Waals surface area (Å²) >= 11 is 0. The van der Waals surface area contributed by atoms with Crippen molar-refractivity contribution < 1.29 is 9.90 Å². The Balaban J connectivity index is 1.93. The molecule has 1 saturated heterocycles. The lowest BCUT2D eigenvalue weighted by Crippen LogP contribution is -2.34. The van der Waals surface area contributed by atoms with E-state index in [0.29, 0.717) is 17.9 Å². The number of rotatable bonds is 5. The van der Waals surface area contributed by atoms with Crippen molar-refractivity contribution in [3.8, 4) is 0 Å². The molecule has 0 radical (unpaired) electrons. The third-order valence-electron chi connectivity index (χ3n) is 3.51. The molecule has 104 valence electrons. The minimum Gasteiger partial charge on any atom is -0.478 e. The zero-order valence-electron chi connectivity index (χ0n) is 11.1. The molecule has 0 aromatic heterocycles. The number of carbonyl (C=O) groups is 1. The van der Waals surface area contributed by atoms with Gasteiger partial charge in [0.25, 0.3) is 0 Å². The van der Waals surface area contributed by atoms with E-state index in [0.717, 1.165) is 19.6 Å². The van der Waals surface area contributed by atoms with E-state index in [9.17, 15) is 4.79 Å².